The van der Waals surface area contributed by atoms with E-state index in [1.165, 1.54) is 29.6 Å². The molecule has 114 valence electrons. The van der Waals surface area contributed by atoms with Gasteiger partial charge in [0.25, 0.3) is 0 Å². The van der Waals surface area contributed by atoms with Gasteiger partial charge in [-0.1, -0.05) is 13.8 Å². The predicted octanol–water partition coefficient (Wildman–Crippen LogP) is 2.69. The summed E-state index contributed by atoms with van der Waals surface area (Å²) in [5, 5.41) is 0. The number of rotatable bonds is 4. The van der Waals surface area contributed by atoms with Crippen LogP contribution in [0.4, 0.5) is 5.82 Å². The van der Waals surface area contributed by atoms with Crippen LogP contribution in [0.2, 0.25) is 0 Å². The summed E-state index contributed by atoms with van der Waals surface area (Å²) in [5.41, 5.74) is 10.7. The van der Waals surface area contributed by atoms with E-state index in [9.17, 15) is 0 Å². The number of hydrogen-bond acceptors (Lipinski definition) is 4. The molecule has 2 aromatic heterocycles. The molecule has 0 saturated carbocycles. The minimum atomic E-state index is 0.510. The monoisotopic (exact) mass is 288 g/mol. The van der Waals surface area contributed by atoms with Gasteiger partial charge in [-0.3, -0.25) is 0 Å². The molecule has 1 aliphatic carbocycles. The van der Waals surface area contributed by atoms with Gasteiger partial charge in [0, 0.05) is 19.3 Å². The normalized spacial score (nSPS) is 14.9. The van der Waals surface area contributed by atoms with Gasteiger partial charge in [0.1, 0.15) is 17.9 Å². The van der Waals surface area contributed by atoms with Crippen LogP contribution in [-0.2, 0) is 30.7 Å². The number of anilines is 1. The van der Waals surface area contributed by atoms with E-state index in [1.807, 2.05) is 0 Å². The third kappa shape index (κ3) is 2.50. The molecule has 0 aromatic carbocycles. The molecule has 0 atom stereocenters. The zero-order valence-electron chi connectivity index (χ0n) is 13.1. The van der Waals surface area contributed by atoms with Gasteiger partial charge >= 0.3 is 0 Å². The van der Waals surface area contributed by atoms with E-state index >= 15 is 0 Å². The standard InChI is InChI=1S/C16H24N4O/c1-10(2)8-20-13(9-21-3)19-14-15(20)11-6-4-5-7-12(11)18-16(14)17/h10H,4-9H2,1-3H3,(H2,17,18). The molecule has 2 aromatic rings. The highest BCUT2D eigenvalue weighted by Crippen LogP contribution is 2.32. The number of nitrogens with two attached hydrogens (primary N) is 1. The summed E-state index contributed by atoms with van der Waals surface area (Å²) in [6.07, 6.45) is 4.53. The highest BCUT2D eigenvalue weighted by atomic mass is 16.5. The number of nitrogens with zero attached hydrogens (tertiary/aromatic N) is 3. The van der Waals surface area contributed by atoms with Crippen LogP contribution in [0, 0.1) is 5.92 Å². The Morgan fingerprint density at radius 1 is 1.24 bits per heavy atom. The maximum absolute atomic E-state index is 6.16. The van der Waals surface area contributed by atoms with Crippen molar-refractivity contribution in [2.24, 2.45) is 5.92 Å². The fourth-order valence-electron chi connectivity index (χ4n) is 3.25. The average Bonchev–Trinajstić information content (AvgIpc) is 2.79. The first kappa shape index (κ1) is 14.3. The average molecular weight is 288 g/mol. The molecule has 3 rings (SSSR count). The molecule has 0 unspecified atom stereocenters. The van der Waals surface area contributed by atoms with Crippen LogP contribution in [0.3, 0.4) is 0 Å². The molecule has 0 spiro atoms. The smallest absolute Gasteiger partial charge is 0.151 e. The lowest BCUT2D eigenvalue weighted by Crippen LogP contribution is -2.13. The number of hydrogen-bond donors (Lipinski definition) is 1. The van der Waals surface area contributed by atoms with Gasteiger partial charge in [0.05, 0.1) is 5.52 Å². The predicted molar refractivity (Wildman–Crippen MR) is 84.1 cm³/mol. The Bertz CT molecular complexity index is 660. The first-order valence-electron chi connectivity index (χ1n) is 7.77. The quantitative estimate of drug-likeness (QED) is 0.939. The van der Waals surface area contributed by atoms with Gasteiger partial charge in [-0.25, -0.2) is 9.97 Å². The second-order valence-electron chi connectivity index (χ2n) is 6.29. The van der Waals surface area contributed by atoms with E-state index in [1.54, 1.807) is 7.11 Å². The molecule has 2 heterocycles. The van der Waals surface area contributed by atoms with Crippen molar-refractivity contribution in [1.29, 1.82) is 0 Å². The molecular weight excluding hydrogens is 264 g/mol. The topological polar surface area (TPSA) is 66.0 Å². The molecule has 21 heavy (non-hydrogen) atoms. The molecule has 1 aliphatic rings. The van der Waals surface area contributed by atoms with Gasteiger partial charge in [0.15, 0.2) is 5.82 Å². The van der Waals surface area contributed by atoms with Crippen molar-refractivity contribution in [2.75, 3.05) is 12.8 Å². The summed E-state index contributed by atoms with van der Waals surface area (Å²) in [6.45, 7) is 5.89. The van der Waals surface area contributed by atoms with Crippen molar-refractivity contribution >= 4 is 16.9 Å². The third-order valence-corrected chi connectivity index (χ3v) is 4.09. The lowest BCUT2D eigenvalue weighted by Gasteiger charge is -2.19. The van der Waals surface area contributed by atoms with Crippen LogP contribution >= 0.6 is 0 Å². The van der Waals surface area contributed by atoms with Crippen LogP contribution in [0.1, 0.15) is 43.8 Å². The summed E-state index contributed by atoms with van der Waals surface area (Å²) in [4.78, 5) is 9.31. The number of aryl methyl sites for hydroxylation is 2. The zero-order chi connectivity index (χ0) is 15.0. The molecule has 2 N–H and O–H groups in total. The first-order valence-corrected chi connectivity index (χ1v) is 7.77. The highest BCUT2D eigenvalue weighted by Gasteiger charge is 2.22. The van der Waals surface area contributed by atoms with Crippen molar-refractivity contribution in [3.63, 3.8) is 0 Å². The number of imidazole rings is 1. The Hall–Kier alpha value is -1.62. The minimum absolute atomic E-state index is 0.510. The maximum atomic E-state index is 6.16. The number of pyridine rings is 1. The SMILES string of the molecule is COCc1nc2c(N)nc3c(c2n1CC(C)C)CCCC3. The molecule has 0 radical (unpaired) electrons. The highest BCUT2D eigenvalue weighted by molar-refractivity contribution is 5.89. The summed E-state index contributed by atoms with van der Waals surface area (Å²) in [5.74, 6) is 2.06. The van der Waals surface area contributed by atoms with Gasteiger partial charge < -0.3 is 15.0 Å². The Kier molecular flexibility index (Phi) is 3.85. The second kappa shape index (κ2) is 5.64. The molecular formula is C16H24N4O. The first-order chi connectivity index (χ1) is 10.1. The second-order valence-corrected chi connectivity index (χ2v) is 6.29. The number of methoxy groups -OCH3 is 1. The van der Waals surface area contributed by atoms with E-state index in [2.05, 4.69) is 23.4 Å². The third-order valence-electron chi connectivity index (χ3n) is 4.09. The molecule has 0 saturated heterocycles. The summed E-state index contributed by atoms with van der Waals surface area (Å²) < 4.78 is 7.62. The van der Waals surface area contributed by atoms with Crippen molar-refractivity contribution in [2.45, 2.75) is 52.7 Å². The van der Waals surface area contributed by atoms with Crippen molar-refractivity contribution in [1.82, 2.24) is 14.5 Å². The van der Waals surface area contributed by atoms with Crippen LogP contribution in [0.25, 0.3) is 11.0 Å². The van der Waals surface area contributed by atoms with Gasteiger partial charge in [0.2, 0.25) is 0 Å². The van der Waals surface area contributed by atoms with Crippen molar-refractivity contribution < 1.29 is 4.74 Å². The number of aromatic nitrogens is 3. The van der Waals surface area contributed by atoms with Crippen molar-refractivity contribution in [3.8, 4) is 0 Å². The van der Waals surface area contributed by atoms with E-state index in [0.717, 1.165) is 30.7 Å². The van der Waals surface area contributed by atoms with E-state index in [4.69, 9.17) is 15.5 Å². The van der Waals surface area contributed by atoms with Crippen LogP contribution in [0.5, 0.6) is 0 Å². The van der Waals surface area contributed by atoms with Gasteiger partial charge in [-0.05, 0) is 37.2 Å². The molecule has 0 fully saturated rings. The Labute approximate surface area is 125 Å². The fourth-order valence-corrected chi connectivity index (χ4v) is 3.25. The Morgan fingerprint density at radius 2 is 2.00 bits per heavy atom. The van der Waals surface area contributed by atoms with E-state index in [-0.39, 0.29) is 0 Å². The molecule has 0 aliphatic heterocycles. The summed E-state index contributed by atoms with van der Waals surface area (Å²) in [7, 11) is 1.70. The Morgan fingerprint density at radius 3 is 2.71 bits per heavy atom. The minimum Gasteiger partial charge on any atom is -0.382 e. The molecule has 5 heteroatoms. The van der Waals surface area contributed by atoms with Gasteiger partial charge in [-0.2, -0.15) is 0 Å². The molecule has 0 amide bonds. The van der Waals surface area contributed by atoms with Crippen LogP contribution < -0.4 is 5.73 Å². The van der Waals surface area contributed by atoms with E-state index in [0.29, 0.717) is 18.3 Å². The van der Waals surface area contributed by atoms with Crippen LogP contribution in [-0.4, -0.2) is 21.6 Å². The lowest BCUT2D eigenvalue weighted by atomic mass is 9.94. The Balaban J connectivity index is 2.27. The maximum Gasteiger partial charge on any atom is 0.151 e. The summed E-state index contributed by atoms with van der Waals surface area (Å²) >= 11 is 0. The van der Waals surface area contributed by atoms with E-state index < -0.39 is 0 Å². The largest absolute Gasteiger partial charge is 0.382 e. The molecule has 5 nitrogen and oxygen atoms in total. The van der Waals surface area contributed by atoms with Crippen LogP contribution in [0.15, 0.2) is 0 Å². The van der Waals surface area contributed by atoms with Gasteiger partial charge in [-0.15, -0.1) is 0 Å². The molecule has 0 bridgehead atoms. The summed E-state index contributed by atoms with van der Waals surface area (Å²) in [6, 6.07) is 0. The number of fused-ring (bicyclic) bond motifs is 3. The lowest BCUT2D eigenvalue weighted by molar-refractivity contribution is 0.174. The fraction of sp³-hybridized carbons (Fsp3) is 0.625. The number of nitrogen functional groups attached to an aromatic ring is 1. The zero-order valence-corrected chi connectivity index (χ0v) is 13.1. The number of ether oxygens (including phenoxy) is 1. The van der Waals surface area contributed by atoms with Crippen molar-refractivity contribution in [3.05, 3.63) is 17.1 Å².